The number of hydrogen-bond acceptors (Lipinski definition) is 6. The van der Waals surface area contributed by atoms with Gasteiger partial charge in [0.2, 0.25) is 0 Å². The van der Waals surface area contributed by atoms with Gasteiger partial charge >= 0.3 is 17.9 Å². The van der Waals surface area contributed by atoms with E-state index in [9.17, 15) is 14.4 Å². The van der Waals surface area contributed by atoms with Crippen LogP contribution in [0.15, 0.2) is 109 Å². The molecule has 0 aromatic heterocycles. The van der Waals surface area contributed by atoms with Crippen LogP contribution in [0.3, 0.4) is 0 Å². The van der Waals surface area contributed by atoms with Gasteiger partial charge in [-0.15, -0.1) is 0 Å². The summed E-state index contributed by atoms with van der Waals surface area (Å²) in [7, 11) is 0. The largest absolute Gasteiger partial charge is 0.462 e. The second-order valence-electron chi connectivity index (χ2n) is 19.2. The quantitative estimate of drug-likeness (QED) is 0.0261. The SMILES string of the molecule is CC/C=C/C/C=C/C/C=C/C/C=C/C/C=C/C/C=C/CCC(=O)OC[C@@H](COC(=O)CCCCCCC/C=C/C/C=C/CCCCC)OC(=O)CCCCCCCCCCC/C=C/CCCCCCCC. The summed E-state index contributed by atoms with van der Waals surface area (Å²) in [6, 6.07) is 0. The highest BCUT2D eigenvalue weighted by Crippen LogP contribution is 2.14. The summed E-state index contributed by atoms with van der Waals surface area (Å²) in [6.07, 6.45) is 79.5. The van der Waals surface area contributed by atoms with Crippen LogP contribution in [-0.4, -0.2) is 37.2 Å². The molecule has 0 aliphatic heterocycles. The van der Waals surface area contributed by atoms with E-state index in [1.165, 1.54) is 116 Å². The molecule has 0 saturated heterocycles. The fourth-order valence-corrected chi connectivity index (χ4v) is 7.85. The van der Waals surface area contributed by atoms with Crippen LogP contribution in [0.5, 0.6) is 0 Å². The van der Waals surface area contributed by atoms with Crippen molar-refractivity contribution in [1.82, 2.24) is 0 Å². The number of rotatable bonds is 52. The molecule has 6 heteroatoms. The van der Waals surface area contributed by atoms with Gasteiger partial charge in [-0.25, -0.2) is 0 Å². The predicted octanol–water partition coefficient (Wildman–Crippen LogP) is 19.9. The minimum atomic E-state index is -0.818. The lowest BCUT2D eigenvalue weighted by Gasteiger charge is -2.18. The van der Waals surface area contributed by atoms with Crippen molar-refractivity contribution >= 4 is 17.9 Å². The Bertz CT molecular complexity index is 1460. The van der Waals surface area contributed by atoms with Gasteiger partial charge in [-0.05, 0) is 116 Å². The Morgan fingerprint density at radius 2 is 0.577 bits per heavy atom. The van der Waals surface area contributed by atoms with Crippen molar-refractivity contribution in [3.63, 3.8) is 0 Å². The zero-order valence-corrected chi connectivity index (χ0v) is 46.2. The lowest BCUT2D eigenvalue weighted by Crippen LogP contribution is -2.30. The molecule has 0 aromatic rings. The third-order valence-corrected chi connectivity index (χ3v) is 12.2. The van der Waals surface area contributed by atoms with E-state index in [-0.39, 0.29) is 37.5 Å². The van der Waals surface area contributed by atoms with Gasteiger partial charge < -0.3 is 14.2 Å². The molecule has 0 unspecified atom stereocenters. The Labute approximate surface area is 438 Å². The van der Waals surface area contributed by atoms with Crippen molar-refractivity contribution in [3.8, 4) is 0 Å². The summed E-state index contributed by atoms with van der Waals surface area (Å²) >= 11 is 0. The molecule has 6 nitrogen and oxygen atoms in total. The Balaban J connectivity index is 4.52. The molecular weight excluding hydrogens is 877 g/mol. The van der Waals surface area contributed by atoms with Gasteiger partial charge in [0.1, 0.15) is 13.2 Å². The minimum Gasteiger partial charge on any atom is -0.462 e. The molecule has 71 heavy (non-hydrogen) atoms. The number of ether oxygens (including phenoxy) is 3. The van der Waals surface area contributed by atoms with Crippen LogP contribution in [0.25, 0.3) is 0 Å². The fraction of sp³-hybridized carbons (Fsp3) is 0.677. The average molecular weight is 986 g/mol. The van der Waals surface area contributed by atoms with Gasteiger partial charge in [-0.3, -0.25) is 14.4 Å². The van der Waals surface area contributed by atoms with Crippen molar-refractivity contribution in [2.45, 2.75) is 271 Å². The summed E-state index contributed by atoms with van der Waals surface area (Å²) in [4.78, 5) is 38.2. The van der Waals surface area contributed by atoms with Crippen molar-refractivity contribution in [2.75, 3.05) is 13.2 Å². The minimum absolute atomic E-state index is 0.110. The first-order chi connectivity index (χ1) is 35.0. The average Bonchev–Trinajstić information content (AvgIpc) is 3.37. The molecule has 0 radical (unpaired) electrons. The maximum Gasteiger partial charge on any atom is 0.306 e. The molecule has 0 aromatic carbocycles. The Morgan fingerprint density at radius 3 is 0.986 bits per heavy atom. The molecule has 0 heterocycles. The molecule has 0 aliphatic carbocycles. The van der Waals surface area contributed by atoms with E-state index in [1.54, 1.807) is 0 Å². The third kappa shape index (κ3) is 56.9. The Hall–Kier alpha value is -3.93. The highest BCUT2D eigenvalue weighted by atomic mass is 16.6. The van der Waals surface area contributed by atoms with E-state index >= 15 is 0 Å². The molecule has 0 aliphatic rings. The van der Waals surface area contributed by atoms with E-state index < -0.39 is 6.10 Å². The maximum absolute atomic E-state index is 12.9. The van der Waals surface area contributed by atoms with Crippen LogP contribution in [0.1, 0.15) is 265 Å². The van der Waals surface area contributed by atoms with E-state index in [2.05, 4.69) is 124 Å². The molecule has 0 rings (SSSR count). The number of esters is 3. The number of unbranched alkanes of at least 4 members (excludes halogenated alkanes) is 23. The van der Waals surface area contributed by atoms with Crippen LogP contribution in [-0.2, 0) is 28.6 Å². The van der Waals surface area contributed by atoms with Crippen LogP contribution in [0.4, 0.5) is 0 Å². The number of carbonyl (C=O) groups is 3. The van der Waals surface area contributed by atoms with Gasteiger partial charge in [0.05, 0.1) is 0 Å². The highest BCUT2D eigenvalue weighted by Gasteiger charge is 2.19. The predicted molar refractivity (Wildman–Crippen MR) is 307 cm³/mol. The lowest BCUT2D eigenvalue weighted by molar-refractivity contribution is -0.166. The summed E-state index contributed by atoms with van der Waals surface area (Å²) in [5.74, 6) is -1.01. The van der Waals surface area contributed by atoms with E-state index in [4.69, 9.17) is 14.2 Å². The molecule has 0 amide bonds. The molecule has 0 N–H and O–H groups in total. The number of hydrogen-bond donors (Lipinski definition) is 0. The monoisotopic (exact) mass is 985 g/mol. The standard InChI is InChI=1S/C65H108O6/c1-4-7-10-13-16-19-22-25-28-30-32-34-37-40-43-46-49-52-55-58-64(67)70-61-62(60-69-63(66)57-54-51-48-45-42-39-36-27-24-21-18-15-12-9-6-3)71-65(68)59-56-53-50-47-44-41-38-35-33-31-29-26-23-20-17-14-11-8-5-2/h7,10,16,18-19,21,25-29,32,34,36,40,43,49,52,62H,4-6,8-9,11-15,17,20,22-24,30-31,33,35,37-39,41-42,44-48,50-51,53-61H2,1-3H3/b10-7+,19-16+,21-18+,28-25+,29-26+,34-32+,36-27+,43-40+,52-49+/t62-/m1/s1. The Kier molecular flexibility index (Phi) is 55.4. The van der Waals surface area contributed by atoms with E-state index in [1.807, 2.05) is 6.08 Å². The molecule has 404 valence electrons. The van der Waals surface area contributed by atoms with Crippen LogP contribution in [0.2, 0.25) is 0 Å². The third-order valence-electron chi connectivity index (χ3n) is 12.2. The fourth-order valence-electron chi connectivity index (χ4n) is 7.85. The topological polar surface area (TPSA) is 78.9 Å². The first-order valence-corrected chi connectivity index (χ1v) is 29.4. The molecule has 0 spiro atoms. The maximum atomic E-state index is 12.9. The van der Waals surface area contributed by atoms with E-state index in [0.717, 1.165) is 103 Å². The van der Waals surface area contributed by atoms with E-state index in [0.29, 0.717) is 19.3 Å². The van der Waals surface area contributed by atoms with Gasteiger partial charge in [0, 0.05) is 19.3 Å². The zero-order valence-electron chi connectivity index (χ0n) is 46.2. The zero-order chi connectivity index (χ0) is 51.4. The van der Waals surface area contributed by atoms with Crippen LogP contribution in [0, 0.1) is 0 Å². The first kappa shape index (κ1) is 67.1. The Morgan fingerprint density at radius 1 is 0.296 bits per heavy atom. The molecule has 0 fully saturated rings. The summed E-state index contributed by atoms with van der Waals surface area (Å²) < 4.78 is 16.8. The smallest absolute Gasteiger partial charge is 0.306 e. The number of carbonyl (C=O) groups excluding carboxylic acids is 3. The first-order valence-electron chi connectivity index (χ1n) is 29.4. The second kappa shape index (κ2) is 58.6. The van der Waals surface area contributed by atoms with Crippen molar-refractivity contribution in [3.05, 3.63) is 109 Å². The molecule has 1 atom stereocenters. The van der Waals surface area contributed by atoms with Crippen LogP contribution >= 0.6 is 0 Å². The van der Waals surface area contributed by atoms with Crippen molar-refractivity contribution in [1.29, 1.82) is 0 Å². The highest BCUT2D eigenvalue weighted by molar-refractivity contribution is 5.71. The number of allylic oxidation sites excluding steroid dienone is 18. The van der Waals surface area contributed by atoms with Gasteiger partial charge in [-0.1, -0.05) is 239 Å². The molecular formula is C65H108O6. The van der Waals surface area contributed by atoms with Crippen molar-refractivity contribution < 1.29 is 28.6 Å². The molecule has 0 bridgehead atoms. The van der Waals surface area contributed by atoms with Crippen molar-refractivity contribution in [2.24, 2.45) is 0 Å². The van der Waals surface area contributed by atoms with Crippen LogP contribution < -0.4 is 0 Å². The normalized spacial score (nSPS) is 12.9. The lowest BCUT2D eigenvalue weighted by atomic mass is 10.1. The second-order valence-corrected chi connectivity index (χ2v) is 19.2. The summed E-state index contributed by atoms with van der Waals surface area (Å²) in [5.41, 5.74) is 0. The summed E-state index contributed by atoms with van der Waals surface area (Å²) in [6.45, 7) is 6.42. The van der Waals surface area contributed by atoms with Gasteiger partial charge in [0.25, 0.3) is 0 Å². The summed E-state index contributed by atoms with van der Waals surface area (Å²) in [5, 5.41) is 0. The van der Waals surface area contributed by atoms with Gasteiger partial charge in [0.15, 0.2) is 6.10 Å². The molecule has 0 saturated carbocycles. The van der Waals surface area contributed by atoms with Gasteiger partial charge in [-0.2, -0.15) is 0 Å².